The molecule has 106 valence electrons. The Kier molecular flexibility index (Phi) is 4.96. The molecule has 1 heterocycles. The van der Waals surface area contributed by atoms with Gasteiger partial charge in [0.05, 0.1) is 7.11 Å². The second kappa shape index (κ2) is 6.91. The van der Waals surface area contributed by atoms with Crippen LogP contribution >= 0.6 is 0 Å². The SMILES string of the molecule is CCNCc1cc(C)nc(Oc2ccccc2OC)c1. The van der Waals surface area contributed by atoms with E-state index in [0.717, 1.165) is 24.3 Å². The van der Waals surface area contributed by atoms with Gasteiger partial charge in [-0.3, -0.25) is 0 Å². The number of nitrogens with one attached hydrogen (secondary N) is 1. The van der Waals surface area contributed by atoms with Crippen LogP contribution < -0.4 is 14.8 Å². The maximum atomic E-state index is 5.84. The van der Waals surface area contributed by atoms with E-state index in [2.05, 4.69) is 23.3 Å². The molecule has 0 amide bonds. The van der Waals surface area contributed by atoms with Gasteiger partial charge >= 0.3 is 0 Å². The number of rotatable bonds is 6. The summed E-state index contributed by atoms with van der Waals surface area (Å²) < 4.78 is 11.1. The lowest BCUT2D eigenvalue weighted by Crippen LogP contribution is -2.12. The molecule has 1 N–H and O–H groups in total. The molecular weight excluding hydrogens is 252 g/mol. The van der Waals surface area contributed by atoms with Crippen LogP contribution in [0.15, 0.2) is 36.4 Å². The van der Waals surface area contributed by atoms with Gasteiger partial charge in [-0.1, -0.05) is 19.1 Å². The molecule has 4 nitrogen and oxygen atoms in total. The average molecular weight is 272 g/mol. The number of ether oxygens (including phenoxy) is 2. The quantitative estimate of drug-likeness (QED) is 0.876. The van der Waals surface area contributed by atoms with Gasteiger partial charge in [-0.25, -0.2) is 4.98 Å². The highest BCUT2D eigenvalue weighted by atomic mass is 16.5. The first kappa shape index (κ1) is 14.3. The zero-order valence-corrected chi connectivity index (χ0v) is 12.1. The number of para-hydroxylation sites is 2. The number of pyridine rings is 1. The molecule has 0 atom stereocenters. The molecule has 1 aromatic carbocycles. The Hall–Kier alpha value is -2.07. The summed E-state index contributed by atoms with van der Waals surface area (Å²) in [6, 6.07) is 11.6. The number of nitrogens with zero attached hydrogens (tertiary/aromatic N) is 1. The summed E-state index contributed by atoms with van der Waals surface area (Å²) in [4.78, 5) is 4.41. The largest absolute Gasteiger partial charge is 0.493 e. The number of benzene rings is 1. The molecule has 4 heteroatoms. The standard InChI is InChI=1S/C16H20N2O2/c1-4-17-11-13-9-12(2)18-16(10-13)20-15-8-6-5-7-14(15)19-3/h5-10,17H,4,11H2,1-3H3. The first-order chi connectivity index (χ1) is 9.72. The van der Waals surface area contributed by atoms with Crippen molar-refractivity contribution in [1.82, 2.24) is 10.3 Å². The van der Waals surface area contributed by atoms with E-state index in [0.29, 0.717) is 17.4 Å². The normalized spacial score (nSPS) is 10.3. The highest BCUT2D eigenvalue weighted by Crippen LogP contribution is 2.30. The van der Waals surface area contributed by atoms with Crippen LogP contribution in [0.5, 0.6) is 17.4 Å². The summed E-state index contributed by atoms with van der Waals surface area (Å²) in [6.07, 6.45) is 0. The summed E-state index contributed by atoms with van der Waals surface area (Å²) in [5, 5.41) is 3.30. The van der Waals surface area contributed by atoms with Crippen LogP contribution in [0.1, 0.15) is 18.2 Å². The lowest BCUT2D eigenvalue weighted by molar-refractivity contribution is 0.373. The van der Waals surface area contributed by atoms with Crippen LogP contribution in [0.3, 0.4) is 0 Å². The van der Waals surface area contributed by atoms with Crippen LogP contribution in [0.2, 0.25) is 0 Å². The van der Waals surface area contributed by atoms with Gasteiger partial charge in [0.25, 0.3) is 0 Å². The predicted molar refractivity (Wildman–Crippen MR) is 79.4 cm³/mol. The topological polar surface area (TPSA) is 43.4 Å². The number of aromatic nitrogens is 1. The minimum absolute atomic E-state index is 0.586. The van der Waals surface area contributed by atoms with Crippen molar-refractivity contribution in [1.29, 1.82) is 0 Å². The molecule has 0 saturated carbocycles. The van der Waals surface area contributed by atoms with Crippen molar-refractivity contribution in [2.75, 3.05) is 13.7 Å². The van der Waals surface area contributed by atoms with Crippen LogP contribution in [0.25, 0.3) is 0 Å². The first-order valence-corrected chi connectivity index (χ1v) is 6.72. The van der Waals surface area contributed by atoms with Crippen LogP contribution in [-0.2, 0) is 6.54 Å². The van der Waals surface area contributed by atoms with Crippen molar-refractivity contribution in [3.8, 4) is 17.4 Å². The van der Waals surface area contributed by atoms with Gasteiger partial charge in [-0.15, -0.1) is 0 Å². The highest BCUT2D eigenvalue weighted by Gasteiger charge is 2.07. The number of methoxy groups -OCH3 is 1. The van der Waals surface area contributed by atoms with Crippen molar-refractivity contribution >= 4 is 0 Å². The first-order valence-electron chi connectivity index (χ1n) is 6.72. The third-order valence-electron chi connectivity index (χ3n) is 2.85. The predicted octanol–water partition coefficient (Wildman–Crippen LogP) is 3.30. The maximum Gasteiger partial charge on any atom is 0.219 e. The molecule has 0 radical (unpaired) electrons. The zero-order valence-electron chi connectivity index (χ0n) is 12.1. The molecule has 2 aromatic rings. The minimum Gasteiger partial charge on any atom is -0.493 e. The molecule has 0 aliphatic heterocycles. The monoisotopic (exact) mass is 272 g/mol. The molecule has 0 fully saturated rings. The van der Waals surface area contributed by atoms with E-state index >= 15 is 0 Å². The second-order valence-corrected chi connectivity index (χ2v) is 4.49. The number of hydrogen-bond acceptors (Lipinski definition) is 4. The molecule has 2 rings (SSSR count). The molecule has 1 aromatic heterocycles. The molecule has 20 heavy (non-hydrogen) atoms. The number of aryl methyl sites for hydroxylation is 1. The Morgan fingerprint density at radius 2 is 1.90 bits per heavy atom. The van der Waals surface area contributed by atoms with Gasteiger partial charge in [-0.2, -0.15) is 0 Å². The Balaban J connectivity index is 2.22. The van der Waals surface area contributed by atoms with E-state index in [4.69, 9.17) is 9.47 Å². The third kappa shape index (κ3) is 3.71. The van der Waals surface area contributed by atoms with Gasteiger partial charge in [0.2, 0.25) is 5.88 Å². The van der Waals surface area contributed by atoms with E-state index in [1.807, 2.05) is 37.3 Å². The average Bonchev–Trinajstić information content (AvgIpc) is 2.45. The maximum absolute atomic E-state index is 5.84. The van der Waals surface area contributed by atoms with E-state index in [1.54, 1.807) is 7.11 Å². The van der Waals surface area contributed by atoms with Gasteiger partial charge in [0, 0.05) is 18.3 Å². The van der Waals surface area contributed by atoms with Crippen molar-refractivity contribution in [2.45, 2.75) is 20.4 Å². The summed E-state index contributed by atoms with van der Waals surface area (Å²) in [5.41, 5.74) is 2.09. The smallest absolute Gasteiger partial charge is 0.219 e. The summed E-state index contributed by atoms with van der Waals surface area (Å²) >= 11 is 0. The molecule has 0 aliphatic carbocycles. The Morgan fingerprint density at radius 3 is 2.60 bits per heavy atom. The number of hydrogen-bond donors (Lipinski definition) is 1. The fraction of sp³-hybridized carbons (Fsp3) is 0.312. The van der Waals surface area contributed by atoms with Gasteiger partial charge < -0.3 is 14.8 Å². The van der Waals surface area contributed by atoms with Crippen LogP contribution in [0.4, 0.5) is 0 Å². The van der Waals surface area contributed by atoms with Crippen molar-refractivity contribution in [2.24, 2.45) is 0 Å². The lowest BCUT2D eigenvalue weighted by atomic mass is 10.2. The molecule has 0 saturated heterocycles. The fourth-order valence-electron chi connectivity index (χ4n) is 1.95. The Morgan fingerprint density at radius 1 is 1.15 bits per heavy atom. The van der Waals surface area contributed by atoms with Gasteiger partial charge in [0.1, 0.15) is 0 Å². The van der Waals surface area contributed by atoms with Crippen molar-refractivity contribution < 1.29 is 9.47 Å². The second-order valence-electron chi connectivity index (χ2n) is 4.49. The van der Waals surface area contributed by atoms with Crippen molar-refractivity contribution in [3.63, 3.8) is 0 Å². The van der Waals surface area contributed by atoms with E-state index in [9.17, 15) is 0 Å². The van der Waals surface area contributed by atoms with Gasteiger partial charge in [0.15, 0.2) is 11.5 Å². The van der Waals surface area contributed by atoms with Crippen LogP contribution in [-0.4, -0.2) is 18.6 Å². The third-order valence-corrected chi connectivity index (χ3v) is 2.85. The van der Waals surface area contributed by atoms with Gasteiger partial charge in [-0.05, 0) is 37.2 Å². The Labute approximate surface area is 119 Å². The summed E-state index contributed by atoms with van der Waals surface area (Å²) in [5.74, 6) is 1.95. The molecule has 0 bridgehead atoms. The Bertz CT molecular complexity index is 570. The summed E-state index contributed by atoms with van der Waals surface area (Å²) in [6.45, 7) is 5.79. The minimum atomic E-state index is 0.586. The molecular formula is C16H20N2O2. The van der Waals surface area contributed by atoms with Crippen molar-refractivity contribution in [3.05, 3.63) is 47.7 Å². The van der Waals surface area contributed by atoms with E-state index in [-0.39, 0.29) is 0 Å². The summed E-state index contributed by atoms with van der Waals surface area (Å²) in [7, 11) is 1.63. The molecule has 0 unspecified atom stereocenters. The van der Waals surface area contributed by atoms with E-state index < -0.39 is 0 Å². The van der Waals surface area contributed by atoms with Crippen LogP contribution in [0, 0.1) is 6.92 Å². The lowest BCUT2D eigenvalue weighted by Gasteiger charge is -2.11. The molecule has 0 spiro atoms. The van der Waals surface area contributed by atoms with E-state index in [1.165, 1.54) is 0 Å². The zero-order chi connectivity index (χ0) is 14.4. The molecule has 0 aliphatic rings. The highest BCUT2D eigenvalue weighted by molar-refractivity contribution is 5.42. The fourth-order valence-corrected chi connectivity index (χ4v) is 1.95.